The van der Waals surface area contributed by atoms with Crippen molar-refractivity contribution in [3.05, 3.63) is 130 Å². The van der Waals surface area contributed by atoms with Crippen molar-refractivity contribution in [1.82, 2.24) is 9.97 Å². The predicted octanol–water partition coefficient (Wildman–Crippen LogP) is 8.70. The third-order valence-electron chi connectivity index (χ3n) is 7.69. The number of rotatable bonds is 6. The number of fused-ring (bicyclic) bond motifs is 2. The van der Waals surface area contributed by atoms with Crippen molar-refractivity contribution < 1.29 is 23.2 Å². The second-order valence-electron chi connectivity index (χ2n) is 10.7. The topological polar surface area (TPSA) is 25.8 Å². The average Bonchev–Trinajstić information content (AvgIpc) is 3.48. The zero-order chi connectivity index (χ0) is 25.5. The number of hydrogen-bond acceptors (Lipinski definition) is 2. The molecule has 2 aliphatic carbocycles. The average molecular weight is 560 g/mol. The van der Waals surface area contributed by atoms with E-state index in [1.807, 2.05) is 24.5 Å². The Labute approximate surface area is 232 Å². The molecular formula is C34H32N2Zr. The number of nitrogens with zero attached hydrogens (tertiary/aromatic N) is 2. The van der Waals surface area contributed by atoms with Gasteiger partial charge in [-0.05, 0) is 0 Å². The Morgan fingerprint density at radius 3 is 1.41 bits per heavy atom. The van der Waals surface area contributed by atoms with Crippen LogP contribution in [-0.2, 0) is 23.2 Å². The Morgan fingerprint density at radius 1 is 0.568 bits per heavy atom. The minimum absolute atomic E-state index is 0.443. The van der Waals surface area contributed by atoms with Gasteiger partial charge in [-0.25, -0.2) is 0 Å². The molecule has 2 atom stereocenters. The van der Waals surface area contributed by atoms with E-state index in [2.05, 4.69) is 101 Å². The summed E-state index contributed by atoms with van der Waals surface area (Å²) in [7, 11) is 0. The van der Waals surface area contributed by atoms with E-state index in [0.29, 0.717) is 19.1 Å². The van der Waals surface area contributed by atoms with E-state index in [-0.39, 0.29) is 0 Å². The number of hydrogen-bond donors (Lipinski definition) is 0. The zero-order valence-electron chi connectivity index (χ0n) is 21.9. The van der Waals surface area contributed by atoms with Crippen LogP contribution in [0, 0.1) is 0 Å². The van der Waals surface area contributed by atoms with Crippen LogP contribution >= 0.6 is 0 Å². The molecule has 0 saturated carbocycles. The van der Waals surface area contributed by atoms with E-state index in [4.69, 9.17) is 9.97 Å². The maximum atomic E-state index is 4.83. The summed E-state index contributed by atoms with van der Waals surface area (Å²) in [6.07, 6.45) is 8.79. The number of aromatic nitrogens is 2. The standard InChI is InChI=1S/2C17H16N.Zr/c2*1-12(2)15-7-5-6-13-10-14(11-16(13)15)17-8-3-4-9-18-17;/h2*3-12H,1-2H3;. The molecule has 0 saturated heterocycles. The van der Waals surface area contributed by atoms with Gasteiger partial charge in [0.1, 0.15) is 0 Å². The van der Waals surface area contributed by atoms with Gasteiger partial charge in [0, 0.05) is 0 Å². The first-order chi connectivity index (χ1) is 18.0. The quantitative estimate of drug-likeness (QED) is 0.236. The first-order valence-corrected chi connectivity index (χ1v) is 16.1. The van der Waals surface area contributed by atoms with E-state index in [9.17, 15) is 0 Å². The first-order valence-electron chi connectivity index (χ1n) is 13.3. The van der Waals surface area contributed by atoms with E-state index >= 15 is 0 Å². The molecule has 37 heavy (non-hydrogen) atoms. The Bertz CT molecular complexity index is 1380. The fraction of sp³-hybridized carbons (Fsp3) is 0.235. The van der Waals surface area contributed by atoms with Crippen molar-refractivity contribution in [2.45, 2.75) is 46.8 Å². The summed E-state index contributed by atoms with van der Waals surface area (Å²) in [6.45, 7) is 9.22. The molecular weight excluding hydrogens is 528 g/mol. The molecule has 0 aliphatic heterocycles. The summed E-state index contributed by atoms with van der Waals surface area (Å²) >= 11 is -1.12. The summed E-state index contributed by atoms with van der Waals surface area (Å²) in [6, 6.07) is 26.6. The van der Waals surface area contributed by atoms with Crippen LogP contribution in [-0.4, -0.2) is 9.97 Å². The fourth-order valence-corrected chi connectivity index (χ4v) is 10.9. The van der Waals surface area contributed by atoms with Gasteiger partial charge in [0.25, 0.3) is 0 Å². The fourth-order valence-electron chi connectivity index (χ4n) is 5.90. The van der Waals surface area contributed by atoms with Crippen molar-refractivity contribution in [3.8, 4) is 0 Å². The SMILES string of the molecule is CC(C)c1cccc2c1C=C(c1ccccn1)[CH]2[Zr][CH]1C(c2ccccn2)=Cc2c(C(C)C)cccc21. The van der Waals surface area contributed by atoms with E-state index in [1.54, 1.807) is 0 Å². The van der Waals surface area contributed by atoms with Gasteiger partial charge in [0.15, 0.2) is 0 Å². The van der Waals surface area contributed by atoms with Crippen LogP contribution in [0.5, 0.6) is 0 Å². The molecule has 6 rings (SSSR count). The van der Waals surface area contributed by atoms with Crippen molar-refractivity contribution in [2.24, 2.45) is 0 Å². The Balaban J connectivity index is 1.50. The molecule has 0 radical (unpaired) electrons. The normalized spacial score (nSPS) is 18.0. The van der Waals surface area contributed by atoms with Crippen LogP contribution in [0.4, 0.5) is 0 Å². The minimum atomic E-state index is -1.12. The van der Waals surface area contributed by atoms with Crippen molar-refractivity contribution in [1.29, 1.82) is 0 Å². The maximum absolute atomic E-state index is 4.83. The second-order valence-corrected chi connectivity index (χ2v) is 14.3. The van der Waals surface area contributed by atoms with Crippen LogP contribution in [0.1, 0.15) is 91.6 Å². The molecule has 4 aromatic rings. The third-order valence-corrected chi connectivity index (χ3v) is 12.4. The first kappa shape index (κ1) is 24.4. The van der Waals surface area contributed by atoms with Gasteiger partial charge >= 0.3 is 233 Å². The Morgan fingerprint density at radius 2 is 1.03 bits per heavy atom. The number of allylic oxidation sites excluding steroid dienone is 2. The van der Waals surface area contributed by atoms with Crippen LogP contribution < -0.4 is 0 Å². The van der Waals surface area contributed by atoms with E-state index in [1.165, 1.54) is 44.5 Å². The molecule has 2 unspecified atom stereocenters. The summed E-state index contributed by atoms with van der Waals surface area (Å²) in [4.78, 5) is 9.67. The van der Waals surface area contributed by atoms with Crippen LogP contribution in [0.2, 0.25) is 0 Å². The van der Waals surface area contributed by atoms with Crippen molar-refractivity contribution in [2.75, 3.05) is 0 Å². The van der Waals surface area contributed by atoms with Gasteiger partial charge in [0.05, 0.1) is 0 Å². The monoisotopic (exact) mass is 558 g/mol. The van der Waals surface area contributed by atoms with E-state index < -0.39 is 23.2 Å². The van der Waals surface area contributed by atoms with Gasteiger partial charge in [-0.3, -0.25) is 0 Å². The summed E-state index contributed by atoms with van der Waals surface area (Å²) in [5, 5.41) is 0. The number of pyridine rings is 2. The van der Waals surface area contributed by atoms with E-state index in [0.717, 1.165) is 11.4 Å². The van der Waals surface area contributed by atoms with Crippen LogP contribution in [0.25, 0.3) is 23.3 Å². The molecule has 2 heterocycles. The molecule has 182 valence electrons. The molecule has 2 nitrogen and oxygen atoms in total. The van der Waals surface area contributed by atoms with Gasteiger partial charge in [0.2, 0.25) is 0 Å². The summed E-state index contributed by atoms with van der Waals surface area (Å²) < 4.78 is 0.885. The zero-order valence-corrected chi connectivity index (χ0v) is 24.4. The van der Waals surface area contributed by atoms with Gasteiger partial charge < -0.3 is 0 Å². The second kappa shape index (κ2) is 10.1. The predicted molar refractivity (Wildman–Crippen MR) is 151 cm³/mol. The number of benzene rings is 2. The molecule has 0 N–H and O–H groups in total. The summed E-state index contributed by atoms with van der Waals surface area (Å²) in [5.74, 6) is 0.982. The molecule has 2 aromatic heterocycles. The van der Waals surface area contributed by atoms with Crippen LogP contribution in [0.15, 0.2) is 85.2 Å². The molecule has 2 aromatic carbocycles. The molecule has 0 spiro atoms. The molecule has 0 fully saturated rings. The third kappa shape index (κ3) is 4.42. The Kier molecular flexibility index (Phi) is 6.68. The van der Waals surface area contributed by atoms with Gasteiger partial charge in [-0.1, -0.05) is 0 Å². The van der Waals surface area contributed by atoms with Crippen molar-refractivity contribution in [3.63, 3.8) is 0 Å². The molecule has 0 amide bonds. The van der Waals surface area contributed by atoms with Gasteiger partial charge in [-0.2, -0.15) is 0 Å². The molecule has 0 bridgehead atoms. The summed E-state index contributed by atoms with van der Waals surface area (Å²) in [5.41, 5.74) is 13.8. The van der Waals surface area contributed by atoms with Crippen molar-refractivity contribution >= 4 is 23.3 Å². The van der Waals surface area contributed by atoms with Crippen LogP contribution in [0.3, 0.4) is 0 Å². The molecule has 3 heteroatoms. The molecule has 2 aliphatic rings. The Hall–Kier alpha value is -2.90. The van der Waals surface area contributed by atoms with Gasteiger partial charge in [-0.15, -0.1) is 0 Å².